The van der Waals surface area contributed by atoms with E-state index >= 15 is 0 Å². The van der Waals surface area contributed by atoms with E-state index in [1.165, 1.54) is 0 Å². The van der Waals surface area contributed by atoms with E-state index in [0.29, 0.717) is 12.1 Å². The highest BCUT2D eigenvalue weighted by Gasteiger charge is 2.08. The van der Waals surface area contributed by atoms with Crippen LogP contribution in [0, 0.1) is 0 Å². The zero-order valence-corrected chi connectivity index (χ0v) is 12.6. The summed E-state index contributed by atoms with van der Waals surface area (Å²) in [6.07, 6.45) is 0.843. The van der Waals surface area contributed by atoms with Crippen molar-refractivity contribution in [2.45, 2.75) is 6.54 Å². The van der Waals surface area contributed by atoms with Crippen molar-refractivity contribution in [3.63, 3.8) is 0 Å². The Morgan fingerprint density at radius 2 is 1.91 bits per heavy atom. The lowest BCUT2D eigenvalue weighted by atomic mass is 10.2. The number of anilines is 1. The van der Waals surface area contributed by atoms with Crippen LogP contribution in [0.15, 0.2) is 52.9 Å². The van der Waals surface area contributed by atoms with Crippen molar-refractivity contribution in [1.82, 2.24) is 0 Å². The third-order valence-corrected chi connectivity index (χ3v) is 3.63. The molecule has 1 aromatic heterocycles. The molecule has 1 heterocycles. The van der Waals surface area contributed by atoms with Crippen molar-refractivity contribution in [3.05, 3.63) is 59.9 Å². The molecule has 0 bridgehead atoms. The second-order valence-corrected chi connectivity index (χ2v) is 5.18. The van der Waals surface area contributed by atoms with Crippen molar-refractivity contribution < 1.29 is 13.9 Å². The normalized spacial score (nSPS) is 10.6. The maximum absolute atomic E-state index is 10.8. The number of nitrogens with zero attached hydrogens (tertiary/aromatic N) is 1. The topological polar surface area (TPSA) is 42.7 Å². The first-order valence-electron chi connectivity index (χ1n) is 7.02. The van der Waals surface area contributed by atoms with Gasteiger partial charge in [0, 0.05) is 23.7 Å². The molecule has 3 aromatic rings. The standard InChI is InChI=1S/C18H17NO3/c1-19(15-4-6-16(21-2)7-5-15)11-17-10-14-9-13(12-20)3-8-18(14)22-17/h3-10,12H,11H2,1-2H3. The van der Waals surface area contributed by atoms with Crippen LogP contribution in [-0.2, 0) is 6.54 Å². The molecule has 22 heavy (non-hydrogen) atoms. The molecule has 0 aliphatic rings. The molecule has 3 rings (SSSR count). The second kappa shape index (κ2) is 5.93. The van der Waals surface area contributed by atoms with Crippen LogP contribution < -0.4 is 9.64 Å². The predicted octanol–water partition coefficient (Wildman–Crippen LogP) is 3.89. The van der Waals surface area contributed by atoms with Crippen molar-refractivity contribution in [2.75, 3.05) is 19.1 Å². The molecule has 2 aromatic carbocycles. The van der Waals surface area contributed by atoms with Crippen molar-refractivity contribution in [1.29, 1.82) is 0 Å². The number of benzene rings is 2. The molecule has 4 nitrogen and oxygen atoms in total. The van der Waals surface area contributed by atoms with Crippen LogP contribution in [0.25, 0.3) is 11.0 Å². The van der Waals surface area contributed by atoms with Crippen molar-refractivity contribution in [3.8, 4) is 5.75 Å². The number of fused-ring (bicyclic) bond motifs is 1. The summed E-state index contributed by atoms with van der Waals surface area (Å²) in [5.74, 6) is 1.69. The fraction of sp³-hybridized carbons (Fsp3) is 0.167. The number of hydrogen-bond acceptors (Lipinski definition) is 4. The zero-order chi connectivity index (χ0) is 15.5. The highest BCUT2D eigenvalue weighted by molar-refractivity contribution is 5.86. The first kappa shape index (κ1) is 14.2. The van der Waals surface area contributed by atoms with Crippen LogP contribution in [0.5, 0.6) is 5.75 Å². The molecular weight excluding hydrogens is 278 g/mol. The molecule has 0 saturated heterocycles. The first-order chi connectivity index (χ1) is 10.7. The van der Waals surface area contributed by atoms with Gasteiger partial charge in [0.25, 0.3) is 0 Å². The number of ether oxygens (including phenoxy) is 1. The molecule has 0 amide bonds. The summed E-state index contributed by atoms with van der Waals surface area (Å²) in [6, 6.07) is 15.3. The molecule has 112 valence electrons. The quantitative estimate of drug-likeness (QED) is 0.670. The molecule has 0 N–H and O–H groups in total. The Balaban J connectivity index is 1.80. The lowest BCUT2D eigenvalue weighted by Gasteiger charge is -2.18. The van der Waals surface area contributed by atoms with E-state index in [4.69, 9.17) is 9.15 Å². The van der Waals surface area contributed by atoms with Crippen LogP contribution in [0.4, 0.5) is 5.69 Å². The number of furan rings is 1. The molecule has 4 heteroatoms. The Hall–Kier alpha value is -2.75. The molecule has 0 saturated carbocycles. The number of rotatable bonds is 5. The monoisotopic (exact) mass is 295 g/mol. The Kier molecular flexibility index (Phi) is 3.83. The summed E-state index contributed by atoms with van der Waals surface area (Å²) in [7, 11) is 3.66. The summed E-state index contributed by atoms with van der Waals surface area (Å²) in [5, 5.41) is 0.947. The fourth-order valence-electron chi connectivity index (χ4n) is 2.43. The highest BCUT2D eigenvalue weighted by Crippen LogP contribution is 2.24. The van der Waals surface area contributed by atoms with E-state index in [0.717, 1.165) is 34.5 Å². The largest absolute Gasteiger partial charge is 0.497 e. The summed E-state index contributed by atoms with van der Waals surface area (Å²) in [5.41, 5.74) is 2.53. The molecular formula is C18H17NO3. The Bertz CT molecular complexity index is 790. The smallest absolute Gasteiger partial charge is 0.150 e. The van der Waals surface area contributed by atoms with Gasteiger partial charge in [-0.1, -0.05) is 0 Å². The maximum atomic E-state index is 10.8. The minimum atomic E-state index is 0.650. The number of carbonyl (C=O) groups excluding carboxylic acids is 1. The van der Waals surface area contributed by atoms with Crippen molar-refractivity contribution in [2.24, 2.45) is 0 Å². The molecule has 0 aliphatic heterocycles. The minimum absolute atomic E-state index is 0.650. The van der Waals surface area contributed by atoms with E-state index in [9.17, 15) is 4.79 Å². The predicted molar refractivity (Wildman–Crippen MR) is 86.7 cm³/mol. The molecule has 0 unspecified atom stereocenters. The van der Waals surface area contributed by atoms with Gasteiger partial charge < -0.3 is 14.1 Å². The molecule has 0 spiro atoms. The second-order valence-electron chi connectivity index (χ2n) is 5.18. The SMILES string of the molecule is COc1ccc(N(C)Cc2cc3cc(C=O)ccc3o2)cc1. The average molecular weight is 295 g/mol. The van der Waals surface area contributed by atoms with Crippen LogP contribution in [0.1, 0.15) is 16.1 Å². The van der Waals surface area contributed by atoms with Crippen molar-refractivity contribution >= 4 is 22.9 Å². The minimum Gasteiger partial charge on any atom is -0.497 e. The average Bonchev–Trinajstić information content (AvgIpc) is 2.95. The van der Waals surface area contributed by atoms with Gasteiger partial charge in [-0.2, -0.15) is 0 Å². The molecule has 0 aliphatic carbocycles. The van der Waals surface area contributed by atoms with E-state index in [-0.39, 0.29) is 0 Å². The van der Waals surface area contributed by atoms with Crippen LogP contribution in [0.3, 0.4) is 0 Å². The third-order valence-electron chi connectivity index (χ3n) is 3.63. The Labute approximate surface area is 128 Å². The molecule has 0 radical (unpaired) electrons. The summed E-state index contributed by atoms with van der Waals surface area (Å²) < 4.78 is 11.0. The van der Waals surface area contributed by atoms with Gasteiger partial charge in [-0.15, -0.1) is 0 Å². The zero-order valence-electron chi connectivity index (χ0n) is 12.6. The molecule has 0 atom stereocenters. The van der Waals surface area contributed by atoms with Gasteiger partial charge in [-0.25, -0.2) is 0 Å². The van der Waals surface area contributed by atoms with Crippen LogP contribution in [0.2, 0.25) is 0 Å². The lowest BCUT2D eigenvalue weighted by molar-refractivity contribution is 0.112. The molecule has 0 fully saturated rings. The Morgan fingerprint density at radius 3 is 2.59 bits per heavy atom. The van der Waals surface area contributed by atoms with E-state index in [2.05, 4.69) is 4.90 Å². The van der Waals surface area contributed by atoms with E-state index in [1.807, 2.05) is 49.5 Å². The van der Waals surface area contributed by atoms with Crippen LogP contribution in [-0.4, -0.2) is 20.4 Å². The first-order valence-corrected chi connectivity index (χ1v) is 7.02. The summed E-state index contributed by atoms with van der Waals surface area (Å²) in [6.45, 7) is 0.650. The number of methoxy groups -OCH3 is 1. The van der Waals surface area contributed by atoms with Gasteiger partial charge in [0.15, 0.2) is 0 Å². The Morgan fingerprint density at radius 1 is 1.14 bits per heavy atom. The maximum Gasteiger partial charge on any atom is 0.150 e. The number of aldehydes is 1. The number of hydrogen-bond donors (Lipinski definition) is 0. The van der Waals surface area contributed by atoms with Crippen LogP contribution >= 0.6 is 0 Å². The van der Waals surface area contributed by atoms with E-state index < -0.39 is 0 Å². The van der Waals surface area contributed by atoms with Gasteiger partial charge in [0.05, 0.1) is 13.7 Å². The highest BCUT2D eigenvalue weighted by atomic mass is 16.5. The van der Waals surface area contributed by atoms with E-state index in [1.54, 1.807) is 13.2 Å². The summed E-state index contributed by atoms with van der Waals surface area (Å²) >= 11 is 0. The van der Waals surface area contributed by atoms with Gasteiger partial charge in [-0.3, -0.25) is 4.79 Å². The summed E-state index contributed by atoms with van der Waals surface area (Å²) in [4.78, 5) is 12.9. The van der Waals surface area contributed by atoms with Gasteiger partial charge in [0.2, 0.25) is 0 Å². The third kappa shape index (κ3) is 2.81. The lowest BCUT2D eigenvalue weighted by Crippen LogP contribution is -2.15. The van der Waals surface area contributed by atoms with Gasteiger partial charge in [0.1, 0.15) is 23.4 Å². The fourth-order valence-corrected chi connectivity index (χ4v) is 2.43. The van der Waals surface area contributed by atoms with Gasteiger partial charge >= 0.3 is 0 Å². The number of carbonyl (C=O) groups is 1. The van der Waals surface area contributed by atoms with Gasteiger partial charge in [-0.05, 0) is 48.5 Å².